The lowest BCUT2D eigenvalue weighted by Crippen LogP contribution is -2.31. The zero-order valence-electron chi connectivity index (χ0n) is 18.7. The molecule has 33 heavy (non-hydrogen) atoms. The molecule has 1 aliphatic rings. The number of rotatable bonds is 8. The molecule has 4 rings (SSSR count). The fourth-order valence-electron chi connectivity index (χ4n) is 3.51. The number of nitrogens with zero attached hydrogens (tertiary/aromatic N) is 1. The van der Waals surface area contributed by atoms with Gasteiger partial charge in [-0.2, -0.15) is 0 Å². The number of imide groups is 1. The molecule has 0 aliphatic carbocycles. The van der Waals surface area contributed by atoms with Crippen molar-refractivity contribution in [1.82, 2.24) is 4.90 Å². The Labute approximate surface area is 197 Å². The summed E-state index contributed by atoms with van der Waals surface area (Å²) < 4.78 is 11.1. The van der Waals surface area contributed by atoms with E-state index in [4.69, 9.17) is 20.8 Å². The second-order valence-corrected chi connectivity index (χ2v) is 8.78. The minimum Gasteiger partial charge on any atom is -0.493 e. The quantitative estimate of drug-likeness (QED) is 0.435. The van der Waals surface area contributed by atoms with E-state index < -0.39 is 11.8 Å². The Balaban J connectivity index is 1.71. The van der Waals surface area contributed by atoms with Crippen LogP contribution in [0, 0.1) is 12.8 Å². The summed E-state index contributed by atoms with van der Waals surface area (Å²) in [7, 11) is 0. The van der Waals surface area contributed by atoms with Gasteiger partial charge in [0.25, 0.3) is 11.8 Å². The first-order chi connectivity index (χ1) is 15.8. The van der Waals surface area contributed by atoms with Crippen LogP contribution in [0.4, 0.5) is 5.69 Å². The second kappa shape index (κ2) is 9.55. The number of hydrogen-bond donors (Lipinski definition) is 1. The van der Waals surface area contributed by atoms with Crippen LogP contribution in [0.1, 0.15) is 30.7 Å². The summed E-state index contributed by atoms with van der Waals surface area (Å²) in [5.74, 6) is 0.805. The summed E-state index contributed by atoms with van der Waals surface area (Å²) in [6.45, 7) is 6.69. The molecule has 7 heteroatoms. The highest BCUT2D eigenvalue weighted by Gasteiger charge is 2.39. The third-order valence-electron chi connectivity index (χ3n) is 5.25. The molecule has 6 nitrogen and oxygen atoms in total. The summed E-state index contributed by atoms with van der Waals surface area (Å²) in [5.41, 5.74) is 2.67. The topological polar surface area (TPSA) is 71.8 Å². The first kappa shape index (κ1) is 22.7. The van der Waals surface area contributed by atoms with Gasteiger partial charge >= 0.3 is 0 Å². The molecular weight excluding hydrogens is 440 g/mol. The fourth-order valence-corrected chi connectivity index (χ4v) is 3.68. The van der Waals surface area contributed by atoms with Gasteiger partial charge in [0.1, 0.15) is 17.2 Å². The zero-order chi connectivity index (χ0) is 23.5. The Kier molecular flexibility index (Phi) is 6.56. The van der Waals surface area contributed by atoms with Gasteiger partial charge in [0.15, 0.2) is 0 Å². The highest BCUT2D eigenvalue weighted by molar-refractivity contribution is 6.36. The van der Waals surface area contributed by atoms with Crippen molar-refractivity contribution in [2.24, 2.45) is 5.92 Å². The van der Waals surface area contributed by atoms with Crippen molar-refractivity contribution in [2.75, 3.05) is 11.9 Å². The molecule has 2 amide bonds. The molecule has 170 valence electrons. The normalized spacial score (nSPS) is 13.9. The third-order valence-corrected chi connectivity index (χ3v) is 5.48. The highest BCUT2D eigenvalue weighted by atomic mass is 35.5. The summed E-state index contributed by atoms with van der Waals surface area (Å²) in [6, 6.07) is 16.0. The predicted molar refractivity (Wildman–Crippen MR) is 128 cm³/mol. The maximum absolute atomic E-state index is 13.4. The van der Waals surface area contributed by atoms with Crippen LogP contribution >= 0.6 is 11.6 Å². The van der Waals surface area contributed by atoms with Crippen LogP contribution in [-0.4, -0.2) is 23.3 Å². The lowest BCUT2D eigenvalue weighted by atomic mass is 10.0. The number of halogens is 1. The average Bonchev–Trinajstić information content (AvgIpc) is 3.38. The first-order valence-electron chi connectivity index (χ1n) is 10.7. The summed E-state index contributed by atoms with van der Waals surface area (Å²) in [4.78, 5) is 27.9. The van der Waals surface area contributed by atoms with Gasteiger partial charge in [0.2, 0.25) is 0 Å². The zero-order valence-corrected chi connectivity index (χ0v) is 19.5. The third kappa shape index (κ3) is 4.96. The molecular formula is C26H25ClN2O4. The maximum atomic E-state index is 13.4. The molecule has 0 spiro atoms. The van der Waals surface area contributed by atoms with Crippen LogP contribution in [0.5, 0.6) is 5.75 Å². The molecule has 0 radical (unpaired) electrons. The van der Waals surface area contributed by atoms with Crippen molar-refractivity contribution in [3.63, 3.8) is 0 Å². The monoisotopic (exact) mass is 464 g/mol. The number of amides is 2. The van der Waals surface area contributed by atoms with E-state index in [2.05, 4.69) is 19.2 Å². The molecule has 0 bridgehead atoms. The van der Waals surface area contributed by atoms with E-state index in [9.17, 15) is 9.59 Å². The molecule has 0 unspecified atom stereocenters. The molecule has 1 aliphatic heterocycles. The van der Waals surface area contributed by atoms with Crippen molar-refractivity contribution in [1.29, 1.82) is 0 Å². The van der Waals surface area contributed by atoms with Crippen molar-refractivity contribution in [3.05, 3.63) is 88.5 Å². The molecule has 0 fully saturated rings. The summed E-state index contributed by atoms with van der Waals surface area (Å²) >= 11 is 6.17. The molecule has 0 saturated heterocycles. The van der Waals surface area contributed by atoms with Crippen LogP contribution in [0.2, 0.25) is 5.02 Å². The Morgan fingerprint density at radius 1 is 1.06 bits per heavy atom. The van der Waals surface area contributed by atoms with Crippen molar-refractivity contribution in [2.45, 2.75) is 27.3 Å². The molecule has 1 N–H and O–H groups in total. The molecule has 0 saturated carbocycles. The Morgan fingerprint density at radius 3 is 2.48 bits per heavy atom. The number of anilines is 1. The van der Waals surface area contributed by atoms with Crippen LogP contribution in [0.15, 0.2) is 71.0 Å². The number of furan rings is 1. The summed E-state index contributed by atoms with van der Waals surface area (Å²) in [5, 5.41) is 3.69. The van der Waals surface area contributed by atoms with Crippen molar-refractivity contribution >= 4 is 34.7 Å². The predicted octanol–water partition coefficient (Wildman–Crippen LogP) is 5.67. The molecule has 2 heterocycles. The minimum absolute atomic E-state index is 0.0451. The maximum Gasteiger partial charge on any atom is 0.278 e. The molecule has 1 aromatic heterocycles. The first-order valence-corrected chi connectivity index (χ1v) is 11.1. The summed E-state index contributed by atoms with van der Waals surface area (Å²) in [6.07, 6.45) is 1.51. The average molecular weight is 465 g/mol. The Bertz CT molecular complexity index is 1200. The Hall–Kier alpha value is -3.51. The van der Waals surface area contributed by atoms with E-state index in [0.29, 0.717) is 45.9 Å². The smallest absolute Gasteiger partial charge is 0.278 e. The molecule has 0 atom stereocenters. The van der Waals surface area contributed by atoms with Crippen LogP contribution in [0.3, 0.4) is 0 Å². The van der Waals surface area contributed by atoms with Crippen molar-refractivity contribution in [3.8, 4) is 5.75 Å². The Morgan fingerprint density at radius 2 is 1.82 bits per heavy atom. The lowest BCUT2D eigenvalue weighted by molar-refractivity contribution is -0.137. The van der Waals surface area contributed by atoms with Crippen LogP contribution in [0.25, 0.3) is 5.57 Å². The number of aryl methyl sites for hydroxylation is 1. The second-order valence-electron chi connectivity index (χ2n) is 8.34. The van der Waals surface area contributed by atoms with E-state index in [0.717, 1.165) is 5.56 Å². The largest absolute Gasteiger partial charge is 0.493 e. The fraction of sp³-hybridized carbons (Fsp3) is 0.231. The van der Waals surface area contributed by atoms with Gasteiger partial charge in [-0.25, -0.2) is 0 Å². The van der Waals surface area contributed by atoms with E-state index in [1.54, 1.807) is 48.5 Å². The van der Waals surface area contributed by atoms with Gasteiger partial charge in [-0.05, 0) is 60.4 Å². The number of carbonyl (C=O) groups is 2. The number of benzene rings is 2. The highest BCUT2D eigenvalue weighted by Crippen LogP contribution is 2.33. The van der Waals surface area contributed by atoms with Gasteiger partial charge in [-0.15, -0.1) is 0 Å². The van der Waals surface area contributed by atoms with Crippen LogP contribution in [-0.2, 0) is 16.1 Å². The minimum atomic E-state index is -0.425. The number of carbonyl (C=O) groups excluding carboxylic acids is 2. The van der Waals surface area contributed by atoms with E-state index in [1.165, 1.54) is 11.2 Å². The number of ether oxygens (including phenoxy) is 1. The van der Waals surface area contributed by atoms with Gasteiger partial charge in [-0.3, -0.25) is 14.5 Å². The molecule has 3 aromatic rings. The number of hydrogen-bond acceptors (Lipinski definition) is 5. The van der Waals surface area contributed by atoms with E-state index in [-0.39, 0.29) is 12.2 Å². The van der Waals surface area contributed by atoms with Gasteiger partial charge in [0, 0.05) is 10.7 Å². The molecule has 2 aromatic carbocycles. The SMILES string of the molecule is Cc1ccc(Cl)cc1NC1=C(c2ccc(OCC(C)C)cc2)C(=O)N(Cc2ccco2)C1=O. The standard InChI is InChI=1S/C26H25ClN2O4/c1-16(2)15-33-20-10-7-18(8-11-20)23-24(28-22-13-19(27)9-6-17(22)3)26(31)29(25(23)30)14-21-5-4-12-32-21/h4-13,16,28H,14-15H2,1-3H3. The van der Waals surface area contributed by atoms with E-state index in [1.807, 2.05) is 13.0 Å². The van der Waals surface area contributed by atoms with Crippen molar-refractivity contribution < 1.29 is 18.7 Å². The van der Waals surface area contributed by atoms with Gasteiger partial charge in [-0.1, -0.05) is 43.6 Å². The van der Waals surface area contributed by atoms with E-state index >= 15 is 0 Å². The van der Waals surface area contributed by atoms with Gasteiger partial charge < -0.3 is 14.5 Å². The van der Waals surface area contributed by atoms with Gasteiger partial charge in [0.05, 0.1) is 25.0 Å². The number of nitrogens with one attached hydrogen (secondary N) is 1. The van der Waals surface area contributed by atoms with Crippen LogP contribution < -0.4 is 10.1 Å². The lowest BCUT2D eigenvalue weighted by Gasteiger charge is -2.14.